The maximum Gasteiger partial charge on any atom is 0.422 e. The van der Waals surface area contributed by atoms with E-state index in [1.807, 2.05) is 0 Å². The summed E-state index contributed by atoms with van der Waals surface area (Å²) in [5, 5.41) is 0. The largest absolute Gasteiger partial charge is 0.484 e. The number of anilines is 2. The van der Waals surface area contributed by atoms with Crippen LogP contribution in [-0.4, -0.2) is 28.7 Å². The summed E-state index contributed by atoms with van der Waals surface area (Å²) in [7, 11) is 0. The van der Waals surface area contributed by atoms with E-state index in [-0.39, 0.29) is 11.7 Å². The number of halogens is 3. The van der Waals surface area contributed by atoms with E-state index in [4.69, 9.17) is 0 Å². The number of rotatable bonds is 4. The third kappa shape index (κ3) is 4.18. The van der Waals surface area contributed by atoms with Crippen molar-refractivity contribution in [1.82, 2.24) is 9.97 Å². The minimum absolute atomic E-state index is 0.0623. The van der Waals surface area contributed by atoms with Crippen molar-refractivity contribution in [3.63, 3.8) is 0 Å². The number of benzene rings is 1. The van der Waals surface area contributed by atoms with Crippen molar-refractivity contribution in [2.75, 3.05) is 11.5 Å². The lowest BCUT2D eigenvalue weighted by Gasteiger charge is -2.20. The number of hydrogen-bond acceptors (Lipinski definition) is 4. The van der Waals surface area contributed by atoms with E-state index in [0.29, 0.717) is 11.5 Å². The van der Waals surface area contributed by atoms with Gasteiger partial charge in [0.15, 0.2) is 6.61 Å². The van der Waals surface area contributed by atoms with Gasteiger partial charge >= 0.3 is 6.18 Å². The van der Waals surface area contributed by atoms with E-state index < -0.39 is 12.8 Å². The number of carbonyl (C=O) groups is 1. The van der Waals surface area contributed by atoms with Gasteiger partial charge in [-0.05, 0) is 30.3 Å². The minimum atomic E-state index is -4.40. The predicted octanol–water partition coefficient (Wildman–Crippen LogP) is 3.10. The maximum absolute atomic E-state index is 12.1. The Balaban J connectivity index is 2.19. The van der Waals surface area contributed by atoms with Crippen molar-refractivity contribution < 1.29 is 22.7 Å². The normalized spacial score (nSPS) is 11.1. The molecule has 0 radical (unpaired) electrons. The Morgan fingerprint density at radius 1 is 1.23 bits per heavy atom. The van der Waals surface area contributed by atoms with Crippen LogP contribution < -0.4 is 9.64 Å². The van der Waals surface area contributed by atoms with Crippen LogP contribution >= 0.6 is 0 Å². The first-order chi connectivity index (χ1) is 10.4. The molecule has 0 saturated carbocycles. The summed E-state index contributed by atoms with van der Waals surface area (Å²) in [4.78, 5) is 20.8. The summed E-state index contributed by atoms with van der Waals surface area (Å²) >= 11 is 0. The predicted molar refractivity (Wildman–Crippen MR) is 72.8 cm³/mol. The van der Waals surface area contributed by atoms with Gasteiger partial charge in [0.05, 0.1) is 5.69 Å². The topological polar surface area (TPSA) is 55.3 Å². The SMILES string of the molecule is CC(=O)N(c1ccc(OCC(F)(F)F)cc1)c1ccncn1. The van der Waals surface area contributed by atoms with Crippen LogP contribution in [0.5, 0.6) is 5.75 Å². The summed E-state index contributed by atoms with van der Waals surface area (Å²) < 4.78 is 40.9. The number of nitrogens with zero attached hydrogens (tertiary/aromatic N) is 3. The van der Waals surface area contributed by atoms with Crippen molar-refractivity contribution in [2.24, 2.45) is 0 Å². The Morgan fingerprint density at radius 2 is 1.91 bits per heavy atom. The molecule has 1 amide bonds. The molecule has 5 nitrogen and oxygen atoms in total. The van der Waals surface area contributed by atoms with Crippen LogP contribution in [0.4, 0.5) is 24.7 Å². The van der Waals surface area contributed by atoms with E-state index in [0.717, 1.165) is 0 Å². The van der Waals surface area contributed by atoms with Crippen LogP contribution in [0.2, 0.25) is 0 Å². The maximum atomic E-state index is 12.1. The van der Waals surface area contributed by atoms with Crippen LogP contribution in [0.3, 0.4) is 0 Å². The van der Waals surface area contributed by atoms with Crippen molar-refractivity contribution in [3.05, 3.63) is 42.9 Å². The molecule has 0 atom stereocenters. The molecule has 8 heteroatoms. The first-order valence-corrected chi connectivity index (χ1v) is 6.23. The second kappa shape index (κ2) is 6.42. The standard InChI is InChI=1S/C14H12F3N3O2/c1-10(21)20(13-6-7-18-9-19-13)11-2-4-12(5-3-11)22-8-14(15,16)17/h2-7,9H,8H2,1H3. The first-order valence-electron chi connectivity index (χ1n) is 6.23. The second-order valence-electron chi connectivity index (χ2n) is 4.32. The molecule has 0 fully saturated rings. The summed E-state index contributed by atoms with van der Waals surface area (Å²) in [6, 6.07) is 7.23. The van der Waals surface area contributed by atoms with Gasteiger partial charge in [0, 0.05) is 13.1 Å². The van der Waals surface area contributed by atoms with Gasteiger partial charge < -0.3 is 4.74 Å². The molecular formula is C14H12F3N3O2. The number of hydrogen-bond donors (Lipinski definition) is 0. The lowest BCUT2D eigenvalue weighted by Crippen LogP contribution is -2.23. The van der Waals surface area contributed by atoms with Crippen molar-refractivity contribution in [2.45, 2.75) is 13.1 Å². The highest BCUT2D eigenvalue weighted by Crippen LogP contribution is 2.26. The molecule has 0 bridgehead atoms. The molecule has 0 unspecified atom stereocenters. The van der Waals surface area contributed by atoms with Crippen LogP contribution in [0, 0.1) is 0 Å². The number of alkyl halides is 3. The van der Waals surface area contributed by atoms with E-state index in [9.17, 15) is 18.0 Å². The van der Waals surface area contributed by atoms with Crippen LogP contribution in [0.15, 0.2) is 42.9 Å². The molecule has 0 spiro atoms. The quantitative estimate of drug-likeness (QED) is 0.870. The fourth-order valence-electron chi connectivity index (χ4n) is 1.75. The summed E-state index contributed by atoms with van der Waals surface area (Å²) in [6.45, 7) is -0.00908. The van der Waals surface area contributed by atoms with Gasteiger partial charge in [-0.25, -0.2) is 9.97 Å². The average Bonchev–Trinajstić information content (AvgIpc) is 2.47. The van der Waals surface area contributed by atoms with Gasteiger partial charge in [0.1, 0.15) is 17.9 Å². The molecule has 116 valence electrons. The summed E-state index contributed by atoms with van der Waals surface area (Å²) in [5.41, 5.74) is 0.463. The Morgan fingerprint density at radius 3 is 2.41 bits per heavy atom. The van der Waals surface area contributed by atoms with E-state index in [1.165, 1.54) is 48.6 Å². The third-order valence-electron chi connectivity index (χ3n) is 2.61. The molecule has 22 heavy (non-hydrogen) atoms. The Labute approximate surface area is 124 Å². The zero-order chi connectivity index (χ0) is 16.2. The Bertz CT molecular complexity index is 630. The fourth-order valence-corrected chi connectivity index (χ4v) is 1.75. The molecule has 0 saturated heterocycles. The minimum Gasteiger partial charge on any atom is -0.484 e. The molecule has 2 aromatic rings. The fraction of sp³-hybridized carbons (Fsp3) is 0.214. The molecule has 2 rings (SSSR count). The van der Waals surface area contributed by atoms with Crippen molar-refractivity contribution in [3.8, 4) is 5.75 Å². The smallest absolute Gasteiger partial charge is 0.422 e. The number of amides is 1. The molecule has 0 aliphatic rings. The zero-order valence-electron chi connectivity index (χ0n) is 11.5. The molecule has 1 aromatic heterocycles. The van der Waals surface area contributed by atoms with Crippen molar-refractivity contribution in [1.29, 1.82) is 0 Å². The van der Waals surface area contributed by atoms with Crippen LogP contribution in [0.1, 0.15) is 6.92 Å². The van der Waals surface area contributed by atoms with Gasteiger partial charge in [-0.15, -0.1) is 0 Å². The second-order valence-corrected chi connectivity index (χ2v) is 4.32. The van der Waals surface area contributed by atoms with Crippen LogP contribution in [-0.2, 0) is 4.79 Å². The Hall–Kier alpha value is -2.64. The third-order valence-corrected chi connectivity index (χ3v) is 2.61. The molecule has 0 N–H and O–H groups in total. The highest BCUT2D eigenvalue weighted by Gasteiger charge is 2.28. The Kier molecular flexibility index (Phi) is 4.59. The molecular weight excluding hydrogens is 299 g/mol. The lowest BCUT2D eigenvalue weighted by molar-refractivity contribution is -0.153. The number of aromatic nitrogens is 2. The highest BCUT2D eigenvalue weighted by atomic mass is 19.4. The molecule has 1 heterocycles. The molecule has 0 aliphatic heterocycles. The number of ether oxygens (including phenoxy) is 1. The van der Waals surface area contributed by atoms with Gasteiger partial charge in [-0.2, -0.15) is 13.2 Å². The summed E-state index contributed by atoms with van der Waals surface area (Å²) in [6.07, 6.45) is -1.61. The van der Waals surface area contributed by atoms with Gasteiger partial charge in [0.2, 0.25) is 5.91 Å². The van der Waals surface area contributed by atoms with Crippen LogP contribution in [0.25, 0.3) is 0 Å². The molecule has 1 aromatic carbocycles. The van der Waals surface area contributed by atoms with Crippen molar-refractivity contribution >= 4 is 17.4 Å². The number of carbonyl (C=O) groups excluding carboxylic acids is 1. The molecule has 0 aliphatic carbocycles. The van der Waals surface area contributed by atoms with Gasteiger partial charge in [-0.1, -0.05) is 0 Å². The summed E-state index contributed by atoms with van der Waals surface area (Å²) in [5.74, 6) is 0.140. The van der Waals surface area contributed by atoms with E-state index >= 15 is 0 Å². The van der Waals surface area contributed by atoms with Gasteiger partial charge in [-0.3, -0.25) is 9.69 Å². The zero-order valence-corrected chi connectivity index (χ0v) is 11.5. The van der Waals surface area contributed by atoms with E-state index in [1.54, 1.807) is 6.07 Å². The lowest BCUT2D eigenvalue weighted by atomic mass is 10.2. The monoisotopic (exact) mass is 311 g/mol. The highest BCUT2D eigenvalue weighted by molar-refractivity contribution is 5.98. The first kappa shape index (κ1) is 15.7. The average molecular weight is 311 g/mol. The van der Waals surface area contributed by atoms with Gasteiger partial charge in [0.25, 0.3) is 0 Å². The van der Waals surface area contributed by atoms with E-state index in [2.05, 4.69) is 14.7 Å².